The molecule has 0 radical (unpaired) electrons. The monoisotopic (exact) mass is 522 g/mol. The second-order valence-electron chi connectivity index (χ2n) is 9.35. The maximum Gasteiger partial charge on any atom is 0.243 e. The quantitative estimate of drug-likeness (QED) is 0.518. The van der Waals surface area contributed by atoms with Gasteiger partial charge in [-0.05, 0) is 79.6 Å². The number of piperidine rings is 1. The van der Waals surface area contributed by atoms with E-state index < -0.39 is 21.5 Å². The number of fused-ring (bicyclic) bond motifs is 1. The first-order valence-corrected chi connectivity index (χ1v) is 13.3. The fourth-order valence-corrected chi connectivity index (χ4v) is 6.68. The van der Waals surface area contributed by atoms with E-state index >= 15 is 0 Å². The first-order valence-electron chi connectivity index (χ1n) is 11.8. The van der Waals surface area contributed by atoms with Crippen LogP contribution in [-0.4, -0.2) is 41.6 Å². The van der Waals surface area contributed by atoms with Gasteiger partial charge in [0, 0.05) is 18.5 Å². The molecule has 1 aromatic heterocycles. The largest absolute Gasteiger partial charge is 0.446 e. The molecule has 3 aromatic rings. The van der Waals surface area contributed by atoms with E-state index in [1.54, 1.807) is 30.3 Å². The number of benzene rings is 2. The van der Waals surface area contributed by atoms with Gasteiger partial charge in [-0.1, -0.05) is 17.7 Å². The lowest BCUT2D eigenvalue weighted by atomic mass is 9.64. The minimum atomic E-state index is -3.84. The van der Waals surface area contributed by atoms with E-state index in [9.17, 15) is 17.9 Å². The Kier molecular flexibility index (Phi) is 6.57. The number of aliphatic hydroxyl groups excluding tert-OH is 1. The first kappa shape index (κ1) is 25.1. The SMILES string of the molecule is Cc1cccc(S(=O)(=O)N2CCC3=CC(=Nc4ccc(F)cc4)/C(=C\N)C[C@]3(C(O)c3ncco3)C2)c1. The highest BCUT2D eigenvalue weighted by Gasteiger charge is 2.52. The van der Waals surface area contributed by atoms with Crippen LogP contribution in [0.1, 0.15) is 30.4 Å². The summed E-state index contributed by atoms with van der Waals surface area (Å²) in [4.78, 5) is 9.00. The zero-order valence-corrected chi connectivity index (χ0v) is 21.0. The van der Waals surface area contributed by atoms with Crippen molar-refractivity contribution in [2.75, 3.05) is 13.1 Å². The number of aryl methyl sites for hydroxylation is 1. The van der Waals surface area contributed by atoms with Gasteiger partial charge in [-0.25, -0.2) is 22.8 Å². The molecule has 0 saturated carbocycles. The van der Waals surface area contributed by atoms with Crippen molar-refractivity contribution in [2.24, 2.45) is 16.1 Å². The number of nitrogens with zero attached hydrogens (tertiary/aromatic N) is 3. The molecular weight excluding hydrogens is 495 g/mol. The normalized spacial score (nSPS) is 23.6. The van der Waals surface area contributed by atoms with Crippen LogP contribution in [0.5, 0.6) is 0 Å². The highest BCUT2D eigenvalue weighted by Crippen LogP contribution is 2.52. The van der Waals surface area contributed by atoms with Crippen LogP contribution in [0.25, 0.3) is 0 Å². The Morgan fingerprint density at radius 1 is 1.27 bits per heavy atom. The van der Waals surface area contributed by atoms with E-state index in [-0.39, 0.29) is 36.1 Å². The predicted molar refractivity (Wildman–Crippen MR) is 137 cm³/mol. The van der Waals surface area contributed by atoms with Crippen LogP contribution < -0.4 is 5.73 Å². The number of oxazole rings is 1. The van der Waals surface area contributed by atoms with E-state index in [0.717, 1.165) is 11.1 Å². The molecule has 5 rings (SSSR count). The standard InChI is InChI=1S/C27H27FN4O4S/c1-18-3-2-4-23(13-18)37(34,35)32-11-9-20-14-24(31-22-7-5-21(28)6-8-22)19(16-29)15-27(20,17-32)25(33)26-30-10-12-36-26/h2-8,10,12-14,16,25,33H,9,11,15,17,29H2,1H3/b19-16-,31-24?/t25?,27-/m0/s1. The fraction of sp³-hybridized carbons (Fsp3) is 0.259. The number of hydrogen-bond acceptors (Lipinski definition) is 7. The van der Waals surface area contributed by atoms with Crippen LogP contribution >= 0.6 is 0 Å². The van der Waals surface area contributed by atoms with E-state index in [2.05, 4.69) is 9.98 Å². The minimum Gasteiger partial charge on any atom is -0.446 e. The lowest BCUT2D eigenvalue weighted by Crippen LogP contribution is -2.52. The number of aliphatic imine (C=N–C) groups is 1. The molecule has 8 nitrogen and oxygen atoms in total. The number of halogens is 1. The van der Waals surface area contributed by atoms with Crippen molar-refractivity contribution in [1.29, 1.82) is 0 Å². The fourth-order valence-electron chi connectivity index (χ4n) is 5.06. The molecule has 1 unspecified atom stereocenters. The average molecular weight is 523 g/mol. The lowest BCUT2D eigenvalue weighted by Gasteiger charge is -2.48. The Morgan fingerprint density at radius 2 is 2.05 bits per heavy atom. The minimum absolute atomic E-state index is 0.000175. The topological polar surface area (TPSA) is 122 Å². The second kappa shape index (κ2) is 9.70. The predicted octanol–water partition coefficient (Wildman–Crippen LogP) is 4.18. The molecule has 2 heterocycles. The van der Waals surface area contributed by atoms with Gasteiger partial charge >= 0.3 is 0 Å². The first-order chi connectivity index (χ1) is 17.7. The molecule has 2 atom stereocenters. The van der Waals surface area contributed by atoms with Gasteiger partial charge < -0.3 is 15.3 Å². The van der Waals surface area contributed by atoms with Crippen molar-refractivity contribution in [1.82, 2.24) is 9.29 Å². The summed E-state index contributed by atoms with van der Waals surface area (Å²) in [6.07, 6.45) is 5.40. The molecule has 2 aliphatic rings. The third-order valence-electron chi connectivity index (χ3n) is 6.99. The van der Waals surface area contributed by atoms with Crippen LogP contribution in [0.15, 0.2) is 98.7 Å². The smallest absolute Gasteiger partial charge is 0.243 e. The van der Waals surface area contributed by atoms with Gasteiger partial charge in [-0.3, -0.25) is 0 Å². The zero-order chi connectivity index (χ0) is 26.2. The molecule has 1 saturated heterocycles. The van der Waals surface area contributed by atoms with Crippen LogP contribution in [0.2, 0.25) is 0 Å². The molecule has 1 aliphatic heterocycles. The maximum atomic E-state index is 13.6. The molecule has 10 heteroatoms. The summed E-state index contributed by atoms with van der Waals surface area (Å²) >= 11 is 0. The number of sulfonamides is 1. The van der Waals surface area contributed by atoms with Crippen molar-refractivity contribution < 1.29 is 22.3 Å². The number of rotatable bonds is 5. The Morgan fingerprint density at radius 3 is 2.73 bits per heavy atom. The molecule has 2 aromatic carbocycles. The van der Waals surface area contributed by atoms with Gasteiger partial charge in [0.25, 0.3) is 0 Å². The van der Waals surface area contributed by atoms with E-state index in [0.29, 0.717) is 23.4 Å². The van der Waals surface area contributed by atoms with Crippen LogP contribution in [-0.2, 0) is 10.0 Å². The Labute approximate surface area is 214 Å². The Balaban J connectivity index is 1.60. The van der Waals surface area contributed by atoms with Crippen LogP contribution in [0.4, 0.5) is 10.1 Å². The highest BCUT2D eigenvalue weighted by atomic mass is 32.2. The number of aromatic nitrogens is 1. The average Bonchev–Trinajstić information content (AvgIpc) is 3.44. The summed E-state index contributed by atoms with van der Waals surface area (Å²) in [6, 6.07) is 12.5. The number of hydrogen-bond donors (Lipinski definition) is 2. The molecular formula is C27H27FN4O4S. The zero-order valence-electron chi connectivity index (χ0n) is 20.2. The van der Waals surface area contributed by atoms with E-state index in [1.165, 1.54) is 35.1 Å². The molecule has 0 amide bonds. The summed E-state index contributed by atoms with van der Waals surface area (Å²) in [7, 11) is -3.84. The molecule has 0 spiro atoms. The van der Waals surface area contributed by atoms with E-state index in [4.69, 9.17) is 10.2 Å². The van der Waals surface area contributed by atoms with Crippen molar-refractivity contribution in [2.45, 2.75) is 30.8 Å². The van der Waals surface area contributed by atoms with Crippen molar-refractivity contribution >= 4 is 21.4 Å². The summed E-state index contributed by atoms with van der Waals surface area (Å²) in [6.45, 7) is 2.07. The summed E-state index contributed by atoms with van der Waals surface area (Å²) < 4.78 is 47.5. The Hall–Kier alpha value is -3.60. The number of nitrogens with two attached hydrogens (primary N) is 1. The van der Waals surface area contributed by atoms with Gasteiger partial charge in [0.05, 0.1) is 22.5 Å². The van der Waals surface area contributed by atoms with Crippen LogP contribution in [0, 0.1) is 18.2 Å². The Bertz CT molecular complexity index is 1500. The van der Waals surface area contributed by atoms with E-state index in [1.807, 2.05) is 19.1 Å². The lowest BCUT2D eigenvalue weighted by molar-refractivity contribution is 0.00347. The molecule has 37 heavy (non-hydrogen) atoms. The maximum absolute atomic E-state index is 13.6. The third kappa shape index (κ3) is 4.63. The van der Waals surface area contributed by atoms with Crippen molar-refractivity contribution in [3.8, 4) is 0 Å². The number of allylic oxidation sites excluding steroid dienone is 2. The van der Waals surface area contributed by atoms with Crippen molar-refractivity contribution in [3.05, 3.63) is 102 Å². The van der Waals surface area contributed by atoms with Gasteiger partial charge in [0.15, 0.2) is 0 Å². The third-order valence-corrected chi connectivity index (χ3v) is 8.83. The van der Waals surface area contributed by atoms with Crippen molar-refractivity contribution in [3.63, 3.8) is 0 Å². The van der Waals surface area contributed by atoms with Gasteiger partial charge in [0.2, 0.25) is 15.9 Å². The highest BCUT2D eigenvalue weighted by molar-refractivity contribution is 7.89. The summed E-state index contributed by atoms with van der Waals surface area (Å²) in [5.41, 5.74) is 8.34. The molecule has 192 valence electrons. The van der Waals surface area contributed by atoms with Gasteiger partial charge in [-0.15, -0.1) is 0 Å². The molecule has 0 bridgehead atoms. The molecule has 1 aliphatic carbocycles. The molecule has 1 fully saturated rings. The van der Waals surface area contributed by atoms with Crippen LogP contribution in [0.3, 0.4) is 0 Å². The number of aliphatic hydroxyl groups is 1. The van der Waals surface area contributed by atoms with Gasteiger partial charge in [-0.2, -0.15) is 4.31 Å². The second-order valence-corrected chi connectivity index (χ2v) is 11.3. The molecule has 3 N–H and O–H groups in total. The van der Waals surface area contributed by atoms with Gasteiger partial charge in [0.1, 0.15) is 18.2 Å². The summed E-state index contributed by atoms with van der Waals surface area (Å²) in [5, 5.41) is 11.6. The summed E-state index contributed by atoms with van der Waals surface area (Å²) in [5.74, 6) is -0.271.